The number of thiophene rings is 1. The maximum Gasteiger partial charge on any atom is 0.226 e. The first-order chi connectivity index (χ1) is 8.81. The molecule has 1 saturated heterocycles. The van der Waals surface area contributed by atoms with E-state index in [-0.39, 0.29) is 12.4 Å². The molecule has 0 radical (unpaired) electrons. The highest BCUT2D eigenvalue weighted by atomic mass is 79.9. The zero-order valence-corrected chi connectivity index (χ0v) is 13.5. The highest BCUT2D eigenvalue weighted by Crippen LogP contribution is 2.28. The van der Waals surface area contributed by atoms with E-state index in [1.54, 1.807) is 11.3 Å². The van der Waals surface area contributed by atoms with Gasteiger partial charge in [0.15, 0.2) is 0 Å². The monoisotopic (exact) mass is 363 g/mol. The normalized spacial score (nSPS) is 18.5. The second-order valence-corrected chi connectivity index (χ2v) is 6.37. The topological polar surface area (TPSA) is 51.0 Å². The number of rotatable bonds is 4. The highest BCUT2D eigenvalue weighted by molar-refractivity contribution is 9.10. The lowest BCUT2D eigenvalue weighted by atomic mass is 10.0. The van der Waals surface area contributed by atoms with Gasteiger partial charge in [0, 0.05) is 16.3 Å². The molecule has 1 fully saturated rings. The number of hydrogen-bond acceptors (Lipinski definition) is 5. The van der Waals surface area contributed by atoms with Crippen molar-refractivity contribution < 1.29 is 4.52 Å². The van der Waals surface area contributed by atoms with Crippen molar-refractivity contribution in [3.8, 4) is 10.7 Å². The van der Waals surface area contributed by atoms with Gasteiger partial charge in [0.2, 0.25) is 11.7 Å². The van der Waals surface area contributed by atoms with Gasteiger partial charge < -0.3 is 9.84 Å². The molecule has 104 valence electrons. The molecule has 1 unspecified atom stereocenters. The van der Waals surface area contributed by atoms with E-state index < -0.39 is 0 Å². The Labute approximate surface area is 130 Å². The minimum absolute atomic E-state index is 0. The molecule has 3 heterocycles. The van der Waals surface area contributed by atoms with E-state index in [1.807, 2.05) is 11.4 Å². The van der Waals surface area contributed by atoms with Crippen LogP contribution in [-0.2, 0) is 6.42 Å². The second-order valence-electron chi connectivity index (χ2n) is 4.54. The molecule has 3 rings (SSSR count). The number of aromatic nitrogens is 2. The Hall–Kier alpha value is -0.430. The van der Waals surface area contributed by atoms with Crippen LogP contribution in [0.5, 0.6) is 0 Å². The van der Waals surface area contributed by atoms with Gasteiger partial charge in [-0.2, -0.15) is 4.98 Å². The average Bonchev–Trinajstić information content (AvgIpc) is 3.07. The van der Waals surface area contributed by atoms with Gasteiger partial charge in [0.05, 0.1) is 4.88 Å². The van der Waals surface area contributed by atoms with Gasteiger partial charge in [-0.05, 0) is 53.8 Å². The molecule has 0 bridgehead atoms. The number of nitrogens with zero attached hydrogens (tertiary/aromatic N) is 2. The molecular weight excluding hydrogens is 350 g/mol. The summed E-state index contributed by atoms with van der Waals surface area (Å²) in [5.74, 6) is 2.21. The van der Waals surface area contributed by atoms with Crippen molar-refractivity contribution in [1.29, 1.82) is 0 Å². The van der Waals surface area contributed by atoms with Gasteiger partial charge in [-0.25, -0.2) is 0 Å². The van der Waals surface area contributed by atoms with Gasteiger partial charge in [-0.15, -0.1) is 23.7 Å². The fraction of sp³-hybridized carbons (Fsp3) is 0.500. The van der Waals surface area contributed by atoms with Crippen LogP contribution >= 0.6 is 39.7 Å². The smallest absolute Gasteiger partial charge is 0.226 e. The van der Waals surface area contributed by atoms with Crippen molar-refractivity contribution in [2.24, 2.45) is 5.92 Å². The number of hydrogen-bond donors (Lipinski definition) is 1. The van der Waals surface area contributed by atoms with Gasteiger partial charge in [0.25, 0.3) is 0 Å². The van der Waals surface area contributed by atoms with E-state index in [9.17, 15) is 0 Å². The minimum Gasteiger partial charge on any atom is -0.339 e. The lowest BCUT2D eigenvalue weighted by Crippen LogP contribution is -2.09. The molecule has 4 nitrogen and oxygen atoms in total. The number of aryl methyl sites for hydroxylation is 1. The van der Waals surface area contributed by atoms with Crippen LogP contribution in [0.15, 0.2) is 20.4 Å². The first-order valence-corrected chi connectivity index (χ1v) is 7.76. The molecule has 0 aromatic carbocycles. The summed E-state index contributed by atoms with van der Waals surface area (Å²) in [7, 11) is 0. The Balaban J connectivity index is 0.00000133. The van der Waals surface area contributed by atoms with E-state index >= 15 is 0 Å². The molecule has 2 aromatic rings. The molecule has 0 saturated carbocycles. The number of halogens is 2. The SMILES string of the molecule is Brc1csc(-c2noc(CCC3CCNC3)n2)c1.Cl. The van der Waals surface area contributed by atoms with Crippen LogP contribution in [0.3, 0.4) is 0 Å². The fourth-order valence-electron chi connectivity index (χ4n) is 2.18. The largest absolute Gasteiger partial charge is 0.339 e. The third-order valence-corrected chi connectivity index (χ3v) is 4.87. The van der Waals surface area contributed by atoms with Crippen molar-refractivity contribution in [1.82, 2.24) is 15.5 Å². The van der Waals surface area contributed by atoms with E-state index in [2.05, 4.69) is 31.4 Å². The number of nitrogens with one attached hydrogen (secondary N) is 1. The van der Waals surface area contributed by atoms with Crippen LogP contribution < -0.4 is 5.32 Å². The van der Waals surface area contributed by atoms with E-state index in [0.717, 1.165) is 47.1 Å². The van der Waals surface area contributed by atoms with Crippen LogP contribution in [0, 0.1) is 5.92 Å². The fourth-order valence-corrected chi connectivity index (χ4v) is 3.53. The lowest BCUT2D eigenvalue weighted by molar-refractivity contribution is 0.365. The lowest BCUT2D eigenvalue weighted by Gasteiger charge is -2.03. The van der Waals surface area contributed by atoms with Gasteiger partial charge in [0.1, 0.15) is 0 Å². The van der Waals surface area contributed by atoms with Crippen molar-refractivity contribution in [2.45, 2.75) is 19.3 Å². The summed E-state index contributed by atoms with van der Waals surface area (Å²) >= 11 is 5.05. The standard InChI is InChI=1S/C12H14BrN3OS.ClH/c13-9-5-10(18-7-9)12-15-11(17-16-12)2-1-8-3-4-14-6-8;/h5,7-8,14H,1-4,6H2;1H. The molecule has 7 heteroatoms. The molecule has 2 aromatic heterocycles. The predicted octanol–water partition coefficient (Wildman–Crippen LogP) is 3.52. The summed E-state index contributed by atoms with van der Waals surface area (Å²) in [4.78, 5) is 5.49. The predicted molar refractivity (Wildman–Crippen MR) is 81.9 cm³/mol. The van der Waals surface area contributed by atoms with Crippen LogP contribution in [0.1, 0.15) is 18.7 Å². The molecule has 19 heavy (non-hydrogen) atoms. The summed E-state index contributed by atoms with van der Waals surface area (Å²) in [6.07, 6.45) is 3.27. The highest BCUT2D eigenvalue weighted by Gasteiger charge is 2.16. The summed E-state index contributed by atoms with van der Waals surface area (Å²) in [5.41, 5.74) is 0. The zero-order valence-electron chi connectivity index (χ0n) is 10.3. The maximum absolute atomic E-state index is 5.30. The van der Waals surface area contributed by atoms with Gasteiger partial charge in [-0.1, -0.05) is 5.16 Å². The second kappa shape index (κ2) is 6.83. The Kier molecular flexibility index (Phi) is 5.38. The maximum atomic E-state index is 5.30. The van der Waals surface area contributed by atoms with Crippen molar-refractivity contribution >= 4 is 39.7 Å². The van der Waals surface area contributed by atoms with Gasteiger partial charge in [-0.3, -0.25) is 0 Å². The summed E-state index contributed by atoms with van der Waals surface area (Å²) in [5, 5.41) is 9.43. The molecular formula is C12H15BrClN3OS. The van der Waals surface area contributed by atoms with Crippen molar-refractivity contribution in [3.05, 3.63) is 21.8 Å². The van der Waals surface area contributed by atoms with Gasteiger partial charge >= 0.3 is 0 Å². The summed E-state index contributed by atoms with van der Waals surface area (Å²) < 4.78 is 6.36. The molecule has 0 spiro atoms. The molecule has 1 aliphatic rings. The molecule has 1 atom stereocenters. The van der Waals surface area contributed by atoms with Crippen molar-refractivity contribution in [2.75, 3.05) is 13.1 Å². The Morgan fingerprint density at radius 2 is 2.42 bits per heavy atom. The average molecular weight is 365 g/mol. The summed E-state index contributed by atoms with van der Waals surface area (Å²) in [6, 6.07) is 2.01. The quantitative estimate of drug-likeness (QED) is 0.902. The minimum atomic E-state index is 0. The van der Waals surface area contributed by atoms with Crippen LogP contribution in [0.25, 0.3) is 10.7 Å². The zero-order chi connectivity index (χ0) is 12.4. The Morgan fingerprint density at radius 3 is 3.11 bits per heavy atom. The van der Waals surface area contributed by atoms with Crippen molar-refractivity contribution in [3.63, 3.8) is 0 Å². The first kappa shape index (κ1) is 15.0. The van der Waals surface area contributed by atoms with Crippen LogP contribution in [0.2, 0.25) is 0 Å². The Bertz CT molecular complexity index is 525. The van der Waals surface area contributed by atoms with E-state index in [4.69, 9.17) is 4.52 Å². The molecule has 0 aliphatic carbocycles. The third kappa shape index (κ3) is 3.78. The van der Waals surface area contributed by atoms with Crippen LogP contribution in [0.4, 0.5) is 0 Å². The van der Waals surface area contributed by atoms with Crippen LogP contribution in [-0.4, -0.2) is 23.2 Å². The molecule has 1 N–H and O–H groups in total. The van der Waals surface area contributed by atoms with E-state index in [1.165, 1.54) is 6.42 Å². The Morgan fingerprint density at radius 1 is 1.53 bits per heavy atom. The first-order valence-electron chi connectivity index (χ1n) is 6.09. The molecule has 0 amide bonds. The molecule has 1 aliphatic heterocycles. The van der Waals surface area contributed by atoms with E-state index in [0.29, 0.717) is 5.82 Å². The third-order valence-electron chi connectivity index (χ3n) is 3.18. The summed E-state index contributed by atoms with van der Waals surface area (Å²) in [6.45, 7) is 2.27.